The Labute approximate surface area is 292 Å². The minimum atomic E-state index is 0.638. The Balaban J connectivity index is 1.31. The highest BCUT2D eigenvalue weighted by Gasteiger charge is 2.22. The number of benzene rings is 7. The number of rotatable bonds is 5. The van der Waals surface area contributed by atoms with Crippen LogP contribution in [-0.2, 0) is 0 Å². The Morgan fingerprint density at radius 3 is 1.62 bits per heavy atom. The molecule has 0 saturated carbocycles. The third-order valence-corrected chi connectivity index (χ3v) is 10.6. The molecule has 0 aliphatic rings. The molecular formula is C45H28N4S. The first-order chi connectivity index (χ1) is 24.8. The van der Waals surface area contributed by atoms with Crippen LogP contribution in [0.25, 0.3) is 93.0 Å². The van der Waals surface area contributed by atoms with Gasteiger partial charge in [0.05, 0.1) is 16.7 Å². The van der Waals surface area contributed by atoms with Gasteiger partial charge in [-0.15, -0.1) is 11.3 Å². The Kier molecular flexibility index (Phi) is 6.64. The van der Waals surface area contributed by atoms with Crippen molar-refractivity contribution in [1.82, 2.24) is 19.5 Å². The summed E-state index contributed by atoms with van der Waals surface area (Å²) < 4.78 is 4.85. The molecule has 0 atom stereocenters. The molecule has 4 nitrogen and oxygen atoms in total. The summed E-state index contributed by atoms with van der Waals surface area (Å²) in [6.45, 7) is 0. The van der Waals surface area contributed by atoms with E-state index < -0.39 is 0 Å². The van der Waals surface area contributed by atoms with E-state index in [9.17, 15) is 0 Å². The summed E-state index contributed by atoms with van der Waals surface area (Å²) in [6, 6.07) is 59.8. The normalized spacial score (nSPS) is 11.6. The summed E-state index contributed by atoms with van der Waals surface area (Å²) in [4.78, 5) is 15.4. The van der Waals surface area contributed by atoms with Crippen molar-refractivity contribution in [3.63, 3.8) is 0 Å². The second-order valence-electron chi connectivity index (χ2n) is 12.5. The van der Waals surface area contributed by atoms with E-state index >= 15 is 0 Å². The van der Waals surface area contributed by atoms with Crippen molar-refractivity contribution in [2.45, 2.75) is 0 Å². The van der Waals surface area contributed by atoms with Gasteiger partial charge in [-0.2, -0.15) is 0 Å². The third kappa shape index (κ3) is 4.71. The lowest BCUT2D eigenvalue weighted by molar-refractivity contribution is 1.07. The summed E-state index contributed by atoms with van der Waals surface area (Å²) in [5.41, 5.74) is 8.54. The van der Waals surface area contributed by atoms with Gasteiger partial charge >= 0.3 is 0 Å². The fourth-order valence-electron chi connectivity index (χ4n) is 7.10. The lowest BCUT2D eigenvalue weighted by Gasteiger charge is -2.15. The highest BCUT2D eigenvalue weighted by atomic mass is 32.1. The van der Waals surface area contributed by atoms with Crippen molar-refractivity contribution in [3.8, 4) is 51.0 Å². The highest BCUT2D eigenvalue weighted by Crippen LogP contribution is 2.43. The second-order valence-corrected chi connectivity index (χ2v) is 13.5. The number of para-hydroxylation sites is 1. The van der Waals surface area contributed by atoms with Gasteiger partial charge in [-0.25, -0.2) is 15.0 Å². The van der Waals surface area contributed by atoms with E-state index in [1.54, 1.807) is 11.3 Å². The number of hydrogen-bond donors (Lipinski definition) is 0. The van der Waals surface area contributed by atoms with Crippen molar-refractivity contribution in [2.75, 3.05) is 0 Å². The largest absolute Gasteiger partial charge is 0.308 e. The predicted octanol–water partition coefficient (Wildman–Crippen LogP) is 12.0. The molecule has 0 radical (unpaired) electrons. The van der Waals surface area contributed by atoms with E-state index in [1.807, 2.05) is 36.4 Å². The fraction of sp³-hybridized carbons (Fsp3) is 0. The molecule has 0 aliphatic heterocycles. The van der Waals surface area contributed by atoms with Crippen LogP contribution in [0.4, 0.5) is 0 Å². The van der Waals surface area contributed by atoms with Crippen LogP contribution in [0.3, 0.4) is 0 Å². The summed E-state index contributed by atoms with van der Waals surface area (Å²) in [7, 11) is 0. The van der Waals surface area contributed by atoms with Crippen molar-refractivity contribution < 1.29 is 0 Å². The molecule has 3 heterocycles. The molecule has 5 heteroatoms. The van der Waals surface area contributed by atoms with Gasteiger partial charge in [0, 0.05) is 47.6 Å². The summed E-state index contributed by atoms with van der Waals surface area (Å²) in [5.74, 6) is 1.93. The standard InChI is InChI=1S/C45H28N4S/c1-4-14-29(15-5-1)32-24-25-39-35(26-32)33-20-10-12-22-38(33)49(39)40-27-36-34-21-11-13-23-41(34)50-42(36)28-37(40)45-47-43(30-16-6-2-7-17-30)46-44(48-45)31-18-8-3-9-19-31/h1-28H. The Morgan fingerprint density at radius 2 is 0.920 bits per heavy atom. The zero-order valence-electron chi connectivity index (χ0n) is 26.9. The Hall–Kier alpha value is -6.43. The quantitative estimate of drug-likeness (QED) is 0.185. The fourth-order valence-corrected chi connectivity index (χ4v) is 8.22. The van der Waals surface area contributed by atoms with Gasteiger partial charge in [0.25, 0.3) is 0 Å². The van der Waals surface area contributed by atoms with Crippen molar-refractivity contribution in [1.29, 1.82) is 0 Å². The molecule has 0 bridgehead atoms. The zero-order valence-corrected chi connectivity index (χ0v) is 27.7. The first kappa shape index (κ1) is 28.6. The maximum atomic E-state index is 5.21. The van der Waals surface area contributed by atoms with Crippen LogP contribution in [0.5, 0.6) is 0 Å². The maximum absolute atomic E-state index is 5.21. The SMILES string of the molecule is c1ccc(-c2ccc3c(c2)c2ccccc2n3-c2cc3c(cc2-c2nc(-c4ccccc4)nc(-c4ccccc4)n2)sc2ccccc23)cc1. The summed E-state index contributed by atoms with van der Waals surface area (Å²) in [5, 5.41) is 4.87. The average Bonchev–Trinajstić information content (AvgIpc) is 3.73. The number of nitrogens with zero attached hydrogens (tertiary/aromatic N) is 4. The molecule has 234 valence electrons. The average molecular weight is 657 g/mol. The number of thiophene rings is 1. The maximum Gasteiger partial charge on any atom is 0.166 e. The highest BCUT2D eigenvalue weighted by molar-refractivity contribution is 7.25. The van der Waals surface area contributed by atoms with E-state index in [2.05, 4.69) is 138 Å². The van der Waals surface area contributed by atoms with E-state index in [4.69, 9.17) is 15.0 Å². The van der Waals surface area contributed by atoms with Crippen LogP contribution in [0.1, 0.15) is 0 Å². The summed E-state index contributed by atoms with van der Waals surface area (Å²) >= 11 is 1.80. The molecule has 0 amide bonds. The summed E-state index contributed by atoms with van der Waals surface area (Å²) in [6.07, 6.45) is 0. The molecule has 0 N–H and O–H groups in total. The minimum Gasteiger partial charge on any atom is -0.308 e. The van der Waals surface area contributed by atoms with Crippen molar-refractivity contribution >= 4 is 53.3 Å². The van der Waals surface area contributed by atoms with Crippen LogP contribution in [0, 0.1) is 0 Å². The van der Waals surface area contributed by atoms with Gasteiger partial charge in [-0.3, -0.25) is 0 Å². The monoisotopic (exact) mass is 656 g/mol. The van der Waals surface area contributed by atoms with E-state index in [1.165, 1.54) is 42.1 Å². The minimum absolute atomic E-state index is 0.638. The first-order valence-electron chi connectivity index (χ1n) is 16.7. The Morgan fingerprint density at radius 1 is 0.360 bits per heavy atom. The van der Waals surface area contributed by atoms with E-state index in [-0.39, 0.29) is 0 Å². The molecular weight excluding hydrogens is 629 g/mol. The van der Waals surface area contributed by atoms with Crippen LogP contribution < -0.4 is 0 Å². The molecule has 7 aromatic carbocycles. The van der Waals surface area contributed by atoms with E-state index in [0.717, 1.165) is 33.4 Å². The van der Waals surface area contributed by atoms with Crippen molar-refractivity contribution in [3.05, 3.63) is 170 Å². The van der Waals surface area contributed by atoms with Gasteiger partial charge in [0.15, 0.2) is 17.5 Å². The molecule has 10 aromatic rings. The third-order valence-electron chi connectivity index (χ3n) is 9.46. The second kappa shape index (κ2) is 11.6. The lowest BCUT2D eigenvalue weighted by atomic mass is 10.0. The van der Waals surface area contributed by atoms with Gasteiger partial charge in [0.1, 0.15) is 0 Å². The molecule has 0 spiro atoms. The molecule has 0 saturated heterocycles. The topological polar surface area (TPSA) is 43.6 Å². The smallest absolute Gasteiger partial charge is 0.166 e. The predicted molar refractivity (Wildman–Crippen MR) is 209 cm³/mol. The first-order valence-corrected chi connectivity index (χ1v) is 17.5. The molecule has 0 aliphatic carbocycles. The lowest BCUT2D eigenvalue weighted by Crippen LogP contribution is -2.03. The van der Waals surface area contributed by atoms with Crippen LogP contribution in [0.2, 0.25) is 0 Å². The molecule has 0 unspecified atom stereocenters. The number of hydrogen-bond acceptors (Lipinski definition) is 4. The molecule has 50 heavy (non-hydrogen) atoms. The number of aromatic nitrogens is 4. The molecule has 10 rings (SSSR count). The van der Waals surface area contributed by atoms with Crippen LogP contribution in [0.15, 0.2) is 170 Å². The van der Waals surface area contributed by atoms with Crippen LogP contribution >= 0.6 is 11.3 Å². The zero-order chi connectivity index (χ0) is 33.0. The van der Waals surface area contributed by atoms with Gasteiger partial charge in [-0.05, 0) is 47.5 Å². The molecule has 3 aromatic heterocycles. The van der Waals surface area contributed by atoms with Gasteiger partial charge in [-0.1, -0.05) is 133 Å². The number of fused-ring (bicyclic) bond motifs is 6. The van der Waals surface area contributed by atoms with Gasteiger partial charge in [0.2, 0.25) is 0 Å². The van der Waals surface area contributed by atoms with Crippen LogP contribution in [-0.4, -0.2) is 19.5 Å². The Bertz CT molecular complexity index is 2800. The van der Waals surface area contributed by atoms with Crippen molar-refractivity contribution in [2.24, 2.45) is 0 Å². The van der Waals surface area contributed by atoms with Gasteiger partial charge < -0.3 is 4.57 Å². The molecule has 0 fully saturated rings. The van der Waals surface area contributed by atoms with E-state index in [0.29, 0.717) is 17.5 Å².